The average molecular weight is 289 g/mol. The normalized spacial score (nSPS) is 11.5. The fourth-order valence-corrected chi connectivity index (χ4v) is 2.55. The Morgan fingerprint density at radius 2 is 2.10 bits per heavy atom. The molecule has 5 heteroatoms. The minimum Gasteiger partial charge on any atom is -0.459 e. The molecule has 0 atom stereocenters. The number of rotatable bonds is 6. The number of nitrogens with one attached hydrogen (secondary N) is 1. The fourth-order valence-electron chi connectivity index (χ4n) is 2.55. The van der Waals surface area contributed by atoms with E-state index in [0.717, 1.165) is 18.5 Å². The first-order valence-electron chi connectivity index (χ1n) is 7.30. The van der Waals surface area contributed by atoms with Crippen molar-refractivity contribution in [1.29, 1.82) is 0 Å². The highest BCUT2D eigenvalue weighted by Gasteiger charge is 2.21. The number of carbonyl (C=O) groups excluding carboxylic acids is 1. The van der Waals surface area contributed by atoms with E-state index < -0.39 is 0 Å². The van der Waals surface area contributed by atoms with Crippen molar-refractivity contribution in [2.45, 2.75) is 27.3 Å². The molecule has 0 fully saturated rings. The van der Waals surface area contributed by atoms with Crippen LogP contribution in [-0.2, 0) is 6.54 Å². The van der Waals surface area contributed by atoms with Gasteiger partial charge in [0.1, 0.15) is 11.3 Å². The molecule has 2 aromatic rings. The predicted molar refractivity (Wildman–Crippen MR) is 83.7 cm³/mol. The van der Waals surface area contributed by atoms with Gasteiger partial charge in [0.15, 0.2) is 0 Å². The standard InChI is InChI=1S/C16H23N3O2/c1-4-19(9-11(2)3)10-14-15(16(20)18-17)12-7-5-6-8-13(12)21-14/h5-8,11H,4,9-10,17H2,1-3H3,(H,18,20). The first-order valence-corrected chi connectivity index (χ1v) is 7.30. The Balaban J connectivity index is 2.40. The summed E-state index contributed by atoms with van der Waals surface area (Å²) in [5, 5.41) is 0.802. The van der Waals surface area contributed by atoms with Gasteiger partial charge in [-0.1, -0.05) is 39.0 Å². The molecule has 5 nitrogen and oxygen atoms in total. The number of hydrazine groups is 1. The van der Waals surface area contributed by atoms with Crippen LogP contribution in [0.15, 0.2) is 28.7 Å². The van der Waals surface area contributed by atoms with E-state index in [0.29, 0.717) is 29.4 Å². The molecule has 1 heterocycles. The summed E-state index contributed by atoms with van der Waals surface area (Å²) in [6.45, 7) is 8.92. The van der Waals surface area contributed by atoms with E-state index in [1.54, 1.807) is 0 Å². The molecule has 0 aliphatic rings. The molecule has 0 aliphatic heterocycles. The van der Waals surface area contributed by atoms with Gasteiger partial charge >= 0.3 is 0 Å². The molecule has 114 valence electrons. The van der Waals surface area contributed by atoms with Crippen LogP contribution in [0.2, 0.25) is 0 Å². The second-order valence-electron chi connectivity index (χ2n) is 5.59. The van der Waals surface area contributed by atoms with Crippen LogP contribution in [0.25, 0.3) is 11.0 Å². The lowest BCUT2D eigenvalue weighted by molar-refractivity contribution is 0.0951. The van der Waals surface area contributed by atoms with Crippen molar-refractivity contribution in [2.24, 2.45) is 11.8 Å². The quantitative estimate of drug-likeness (QED) is 0.487. The van der Waals surface area contributed by atoms with E-state index in [4.69, 9.17) is 10.3 Å². The number of furan rings is 1. The number of benzene rings is 1. The zero-order valence-corrected chi connectivity index (χ0v) is 12.8. The van der Waals surface area contributed by atoms with Crippen molar-refractivity contribution >= 4 is 16.9 Å². The predicted octanol–water partition coefficient (Wildman–Crippen LogP) is 2.51. The molecule has 2 rings (SSSR count). The summed E-state index contributed by atoms with van der Waals surface area (Å²) in [5.74, 6) is 6.23. The first-order chi connectivity index (χ1) is 10.1. The van der Waals surface area contributed by atoms with Crippen molar-refractivity contribution in [3.8, 4) is 0 Å². The SMILES string of the molecule is CCN(Cc1oc2ccccc2c1C(=O)NN)CC(C)C. The van der Waals surface area contributed by atoms with Crippen molar-refractivity contribution in [2.75, 3.05) is 13.1 Å². The number of amides is 1. The molecule has 1 amide bonds. The minimum absolute atomic E-state index is 0.310. The van der Waals surface area contributed by atoms with Crippen molar-refractivity contribution in [3.05, 3.63) is 35.6 Å². The minimum atomic E-state index is -0.310. The summed E-state index contributed by atoms with van der Waals surface area (Å²) < 4.78 is 5.88. The van der Waals surface area contributed by atoms with Gasteiger partial charge in [-0.25, -0.2) is 5.84 Å². The maximum Gasteiger partial charge on any atom is 0.269 e. The van der Waals surface area contributed by atoms with Gasteiger partial charge in [-0.2, -0.15) is 0 Å². The van der Waals surface area contributed by atoms with Gasteiger partial charge in [-0.15, -0.1) is 0 Å². The van der Waals surface area contributed by atoms with Gasteiger partial charge in [0.2, 0.25) is 0 Å². The van der Waals surface area contributed by atoms with E-state index in [9.17, 15) is 4.79 Å². The van der Waals surface area contributed by atoms with Crippen LogP contribution >= 0.6 is 0 Å². The van der Waals surface area contributed by atoms with Gasteiger partial charge in [0, 0.05) is 11.9 Å². The third-order valence-corrected chi connectivity index (χ3v) is 3.46. The molecule has 0 saturated carbocycles. The molecule has 1 aromatic heterocycles. The van der Waals surface area contributed by atoms with Crippen LogP contribution < -0.4 is 11.3 Å². The smallest absolute Gasteiger partial charge is 0.269 e. The highest BCUT2D eigenvalue weighted by atomic mass is 16.3. The zero-order valence-electron chi connectivity index (χ0n) is 12.8. The molecular formula is C16H23N3O2. The monoisotopic (exact) mass is 289 g/mol. The number of hydrogen-bond acceptors (Lipinski definition) is 4. The molecule has 0 radical (unpaired) electrons. The topological polar surface area (TPSA) is 71.5 Å². The van der Waals surface area contributed by atoms with Crippen LogP contribution in [0.1, 0.15) is 36.9 Å². The summed E-state index contributed by atoms with van der Waals surface area (Å²) >= 11 is 0. The Labute approximate surface area is 125 Å². The summed E-state index contributed by atoms with van der Waals surface area (Å²) in [4.78, 5) is 14.3. The highest BCUT2D eigenvalue weighted by molar-refractivity contribution is 6.07. The Morgan fingerprint density at radius 3 is 2.71 bits per heavy atom. The van der Waals surface area contributed by atoms with Crippen molar-refractivity contribution in [3.63, 3.8) is 0 Å². The molecule has 21 heavy (non-hydrogen) atoms. The van der Waals surface area contributed by atoms with Crippen molar-refractivity contribution in [1.82, 2.24) is 10.3 Å². The van der Waals surface area contributed by atoms with Gasteiger partial charge in [0.25, 0.3) is 5.91 Å². The number of carbonyl (C=O) groups is 1. The van der Waals surface area contributed by atoms with Gasteiger partial charge in [-0.05, 0) is 18.5 Å². The van der Waals surface area contributed by atoms with Crippen LogP contribution in [0, 0.1) is 5.92 Å². The van der Waals surface area contributed by atoms with E-state index >= 15 is 0 Å². The molecule has 3 N–H and O–H groups in total. The number of para-hydroxylation sites is 1. The zero-order chi connectivity index (χ0) is 15.4. The number of nitrogens with two attached hydrogens (primary N) is 1. The number of fused-ring (bicyclic) bond motifs is 1. The van der Waals surface area contributed by atoms with Gasteiger partial charge in [-0.3, -0.25) is 15.1 Å². The summed E-state index contributed by atoms with van der Waals surface area (Å²) in [6.07, 6.45) is 0. The summed E-state index contributed by atoms with van der Waals surface area (Å²) in [5.41, 5.74) is 3.47. The van der Waals surface area contributed by atoms with Crippen LogP contribution in [0.4, 0.5) is 0 Å². The second-order valence-corrected chi connectivity index (χ2v) is 5.59. The van der Waals surface area contributed by atoms with E-state index in [1.807, 2.05) is 24.3 Å². The van der Waals surface area contributed by atoms with Gasteiger partial charge < -0.3 is 4.42 Å². The first kappa shape index (κ1) is 15.5. The van der Waals surface area contributed by atoms with Crippen LogP contribution in [-0.4, -0.2) is 23.9 Å². The molecule has 0 unspecified atom stereocenters. The van der Waals surface area contributed by atoms with E-state index in [1.165, 1.54) is 0 Å². The second kappa shape index (κ2) is 6.74. The fraction of sp³-hybridized carbons (Fsp3) is 0.438. The molecular weight excluding hydrogens is 266 g/mol. The summed E-state index contributed by atoms with van der Waals surface area (Å²) in [6, 6.07) is 7.53. The Morgan fingerprint density at radius 1 is 1.38 bits per heavy atom. The third-order valence-electron chi connectivity index (χ3n) is 3.46. The third kappa shape index (κ3) is 3.43. The van der Waals surface area contributed by atoms with Crippen LogP contribution in [0.3, 0.4) is 0 Å². The molecule has 0 bridgehead atoms. The highest BCUT2D eigenvalue weighted by Crippen LogP contribution is 2.27. The van der Waals surface area contributed by atoms with Gasteiger partial charge in [0.05, 0.1) is 12.1 Å². The molecule has 0 aliphatic carbocycles. The van der Waals surface area contributed by atoms with E-state index in [2.05, 4.69) is 31.1 Å². The maximum atomic E-state index is 12.1. The number of nitrogen functional groups attached to an aromatic ring is 1. The number of nitrogens with zero attached hydrogens (tertiary/aromatic N) is 1. The molecule has 0 saturated heterocycles. The Kier molecular flexibility index (Phi) is 4.98. The summed E-state index contributed by atoms with van der Waals surface area (Å²) in [7, 11) is 0. The van der Waals surface area contributed by atoms with Crippen LogP contribution in [0.5, 0.6) is 0 Å². The maximum absolute atomic E-state index is 12.1. The lowest BCUT2D eigenvalue weighted by Gasteiger charge is -2.21. The van der Waals surface area contributed by atoms with E-state index in [-0.39, 0.29) is 5.91 Å². The lowest BCUT2D eigenvalue weighted by atomic mass is 10.1. The Hall–Kier alpha value is -1.85. The largest absolute Gasteiger partial charge is 0.459 e. The Bertz CT molecular complexity index is 619. The number of hydrogen-bond donors (Lipinski definition) is 2. The molecule has 1 aromatic carbocycles. The van der Waals surface area contributed by atoms with Crippen molar-refractivity contribution < 1.29 is 9.21 Å². The molecule has 0 spiro atoms. The lowest BCUT2D eigenvalue weighted by Crippen LogP contribution is -2.32. The average Bonchev–Trinajstić information content (AvgIpc) is 2.83.